The lowest BCUT2D eigenvalue weighted by atomic mass is 10.1. The number of sulfone groups is 1. The molecule has 10 heteroatoms. The lowest BCUT2D eigenvalue weighted by Crippen LogP contribution is -2.46. The Morgan fingerprint density at radius 2 is 1.64 bits per heavy atom. The lowest BCUT2D eigenvalue weighted by molar-refractivity contribution is -0.155. The van der Waals surface area contributed by atoms with Crippen LogP contribution in [0.15, 0.2) is 47.4 Å². The number of esters is 2. The van der Waals surface area contributed by atoms with Crippen molar-refractivity contribution in [2.45, 2.75) is 11.8 Å². The fraction of sp³-hybridized carbons (Fsp3) is 0.269. The van der Waals surface area contributed by atoms with E-state index in [0.717, 1.165) is 49.9 Å². The smallest absolute Gasteiger partial charge is 0.417 e. The van der Waals surface area contributed by atoms with E-state index >= 15 is 0 Å². The Labute approximate surface area is 208 Å². The molecule has 0 aliphatic carbocycles. The van der Waals surface area contributed by atoms with Crippen LogP contribution in [-0.2, 0) is 19.4 Å². The van der Waals surface area contributed by atoms with Crippen LogP contribution < -0.4 is 14.4 Å². The Bertz CT molecular complexity index is 1490. The summed E-state index contributed by atoms with van der Waals surface area (Å²) in [6, 6.07) is 11.7. The van der Waals surface area contributed by atoms with Gasteiger partial charge in [0.15, 0.2) is 15.6 Å². The SMILES string of the molecule is CCN1CCN(c2nc(/C=C/c3ccc(S(C)(=O)=O)cc3)c3c4c(cccc24)OC(=O)C(=O)O3)CC1. The number of pyridine rings is 1. The Balaban J connectivity index is 1.63. The number of piperazine rings is 1. The monoisotopic (exact) mass is 507 g/mol. The van der Waals surface area contributed by atoms with Crippen LogP contribution in [-0.4, -0.2) is 69.2 Å². The average molecular weight is 508 g/mol. The van der Waals surface area contributed by atoms with Crippen molar-refractivity contribution in [2.75, 3.05) is 43.9 Å². The normalized spacial score (nSPS) is 16.8. The zero-order valence-corrected chi connectivity index (χ0v) is 20.7. The van der Waals surface area contributed by atoms with E-state index in [2.05, 4.69) is 16.7 Å². The Hall–Kier alpha value is -3.76. The van der Waals surface area contributed by atoms with Crippen molar-refractivity contribution in [2.24, 2.45) is 0 Å². The molecule has 186 valence electrons. The number of nitrogens with zero attached hydrogens (tertiary/aromatic N) is 3. The zero-order valence-electron chi connectivity index (χ0n) is 19.9. The van der Waals surface area contributed by atoms with E-state index in [1.807, 2.05) is 6.07 Å². The van der Waals surface area contributed by atoms with Crippen LogP contribution in [0.4, 0.5) is 5.82 Å². The zero-order chi connectivity index (χ0) is 25.4. The van der Waals surface area contributed by atoms with Gasteiger partial charge in [-0.05, 0) is 36.4 Å². The number of carbonyl (C=O) groups excluding carboxylic acids is 2. The second-order valence-electron chi connectivity index (χ2n) is 8.70. The number of carbonyl (C=O) groups is 2. The summed E-state index contributed by atoms with van der Waals surface area (Å²) in [5.74, 6) is -1.11. The maximum atomic E-state index is 12.3. The molecule has 9 nitrogen and oxygen atoms in total. The van der Waals surface area contributed by atoms with Gasteiger partial charge in [0.1, 0.15) is 17.3 Å². The highest BCUT2D eigenvalue weighted by Crippen LogP contribution is 2.42. The van der Waals surface area contributed by atoms with Gasteiger partial charge in [-0.25, -0.2) is 23.0 Å². The Kier molecular flexibility index (Phi) is 6.23. The first-order chi connectivity index (χ1) is 17.2. The molecule has 2 aliphatic heterocycles. The molecule has 36 heavy (non-hydrogen) atoms. The molecule has 0 N–H and O–H groups in total. The molecule has 3 heterocycles. The number of hydrogen-bond donors (Lipinski definition) is 0. The van der Waals surface area contributed by atoms with Crippen LogP contribution in [0, 0.1) is 0 Å². The first-order valence-electron chi connectivity index (χ1n) is 11.6. The summed E-state index contributed by atoms with van der Waals surface area (Å²) < 4.78 is 34.3. The summed E-state index contributed by atoms with van der Waals surface area (Å²) in [5, 5.41) is 1.23. The predicted octanol–water partition coefficient (Wildman–Crippen LogP) is 2.78. The van der Waals surface area contributed by atoms with E-state index in [0.29, 0.717) is 16.9 Å². The van der Waals surface area contributed by atoms with Crippen LogP contribution in [0.1, 0.15) is 18.2 Å². The van der Waals surface area contributed by atoms with Crippen LogP contribution in [0.3, 0.4) is 0 Å². The van der Waals surface area contributed by atoms with E-state index in [1.54, 1.807) is 36.4 Å². The lowest BCUT2D eigenvalue weighted by Gasteiger charge is -2.35. The summed E-state index contributed by atoms with van der Waals surface area (Å²) in [6.07, 6.45) is 4.59. The van der Waals surface area contributed by atoms with Gasteiger partial charge in [-0.1, -0.05) is 37.3 Å². The van der Waals surface area contributed by atoms with Gasteiger partial charge in [0.25, 0.3) is 0 Å². The highest BCUT2D eigenvalue weighted by atomic mass is 32.2. The van der Waals surface area contributed by atoms with Crippen molar-refractivity contribution in [3.63, 3.8) is 0 Å². The molecule has 3 aromatic rings. The molecule has 0 amide bonds. The minimum Gasteiger partial charge on any atom is -0.417 e. The number of benzene rings is 2. The van der Waals surface area contributed by atoms with Crippen molar-refractivity contribution in [1.82, 2.24) is 9.88 Å². The first kappa shape index (κ1) is 24.0. The predicted molar refractivity (Wildman–Crippen MR) is 136 cm³/mol. The highest BCUT2D eigenvalue weighted by molar-refractivity contribution is 7.90. The topological polar surface area (TPSA) is 106 Å². The van der Waals surface area contributed by atoms with Gasteiger partial charge in [-0.2, -0.15) is 0 Å². The fourth-order valence-electron chi connectivity index (χ4n) is 4.40. The van der Waals surface area contributed by atoms with Gasteiger partial charge >= 0.3 is 11.9 Å². The third kappa shape index (κ3) is 4.57. The molecule has 0 unspecified atom stereocenters. The van der Waals surface area contributed by atoms with Crippen LogP contribution in [0.5, 0.6) is 11.5 Å². The van der Waals surface area contributed by atoms with E-state index in [-0.39, 0.29) is 16.4 Å². The number of rotatable bonds is 5. The summed E-state index contributed by atoms with van der Waals surface area (Å²) in [4.78, 5) is 34.1. The molecule has 0 radical (unpaired) electrons. The van der Waals surface area contributed by atoms with Crippen molar-refractivity contribution in [3.8, 4) is 11.5 Å². The number of ether oxygens (including phenoxy) is 2. The molecule has 0 saturated carbocycles. The molecule has 1 aromatic heterocycles. The van der Waals surface area contributed by atoms with Crippen LogP contribution in [0.2, 0.25) is 0 Å². The van der Waals surface area contributed by atoms with Gasteiger partial charge in [0, 0.05) is 37.8 Å². The van der Waals surface area contributed by atoms with E-state index < -0.39 is 21.8 Å². The largest absolute Gasteiger partial charge is 0.423 e. The van der Waals surface area contributed by atoms with Gasteiger partial charge < -0.3 is 19.3 Å². The fourth-order valence-corrected chi connectivity index (χ4v) is 5.03. The minimum absolute atomic E-state index is 0.149. The molecule has 5 rings (SSSR count). The van der Waals surface area contributed by atoms with Crippen molar-refractivity contribution < 1.29 is 27.5 Å². The molecule has 0 bridgehead atoms. The van der Waals surface area contributed by atoms with Gasteiger partial charge in [0.2, 0.25) is 0 Å². The second kappa shape index (κ2) is 9.36. The minimum atomic E-state index is -3.31. The highest BCUT2D eigenvalue weighted by Gasteiger charge is 2.31. The molecular weight excluding hydrogens is 482 g/mol. The van der Waals surface area contributed by atoms with E-state index in [9.17, 15) is 18.0 Å². The standard InChI is InChI=1S/C26H25N3O6S/c1-3-28-13-15-29(16-14-28)24-19-5-4-6-21-22(19)23(35-26(31)25(30)34-21)20(27-24)12-9-17-7-10-18(11-8-17)36(2,32)33/h4-12H,3,13-16H2,1-2H3/b12-9+. The molecule has 1 fully saturated rings. The summed E-state index contributed by atoms with van der Waals surface area (Å²) in [6.45, 7) is 6.44. The van der Waals surface area contributed by atoms with Crippen molar-refractivity contribution in [3.05, 3.63) is 53.7 Å². The van der Waals surface area contributed by atoms with E-state index in [4.69, 9.17) is 14.5 Å². The molecule has 2 aromatic carbocycles. The van der Waals surface area contributed by atoms with Gasteiger partial charge in [-0.3, -0.25) is 0 Å². The molecule has 0 atom stereocenters. The van der Waals surface area contributed by atoms with Crippen molar-refractivity contribution in [1.29, 1.82) is 0 Å². The third-order valence-electron chi connectivity index (χ3n) is 6.38. The molecular formula is C26H25N3O6S. The maximum absolute atomic E-state index is 12.3. The summed E-state index contributed by atoms with van der Waals surface area (Å²) in [7, 11) is -3.31. The number of aromatic nitrogens is 1. The Morgan fingerprint density at radius 1 is 0.944 bits per heavy atom. The van der Waals surface area contributed by atoms with Crippen LogP contribution >= 0.6 is 0 Å². The first-order valence-corrected chi connectivity index (χ1v) is 13.5. The average Bonchev–Trinajstić information content (AvgIpc) is 3.00. The number of hydrogen-bond acceptors (Lipinski definition) is 9. The maximum Gasteiger partial charge on any atom is 0.423 e. The van der Waals surface area contributed by atoms with Gasteiger partial charge in [0.05, 0.1) is 10.3 Å². The third-order valence-corrected chi connectivity index (χ3v) is 7.51. The second-order valence-corrected chi connectivity index (χ2v) is 10.7. The molecule has 0 spiro atoms. The molecule has 1 saturated heterocycles. The summed E-state index contributed by atoms with van der Waals surface area (Å²) >= 11 is 0. The van der Waals surface area contributed by atoms with Gasteiger partial charge in [-0.15, -0.1) is 0 Å². The Morgan fingerprint density at radius 3 is 2.31 bits per heavy atom. The van der Waals surface area contributed by atoms with Crippen LogP contribution in [0.25, 0.3) is 22.9 Å². The molecule has 2 aliphatic rings. The number of likely N-dealkylation sites (N-methyl/N-ethyl adjacent to an activating group) is 1. The number of anilines is 1. The van der Waals surface area contributed by atoms with E-state index in [1.165, 1.54) is 12.1 Å². The quantitative estimate of drug-likeness (QED) is 0.293. The van der Waals surface area contributed by atoms with Crippen molar-refractivity contribution >= 4 is 50.5 Å². The summed E-state index contributed by atoms with van der Waals surface area (Å²) in [5.41, 5.74) is 1.09.